The lowest BCUT2D eigenvalue weighted by atomic mass is 10.1. The molecule has 0 spiro atoms. The molecule has 2 aromatic rings. The van der Waals surface area contributed by atoms with Crippen LogP contribution in [0.3, 0.4) is 0 Å². The zero-order valence-electron chi connectivity index (χ0n) is 12.6. The van der Waals surface area contributed by atoms with E-state index in [0.717, 1.165) is 36.6 Å². The Kier molecular flexibility index (Phi) is 4.38. The van der Waals surface area contributed by atoms with Crippen molar-refractivity contribution in [2.24, 2.45) is 0 Å². The van der Waals surface area contributed by atoms with E-state index in [2.05, 4.69) is 27.2 Å². The number of hydrogen-bond acceptors (Lipinski definition) is 5. The average Bonchev–Trinajstić information content (AvgIpc) is 2.99. The Bertz CT molecular complexity index is 710. The van der Waals surface area contributed by atoms with Crippen LogP contribution in [0.2, 0.25) is 5.02 Å². The van der Waals surface area contributed by atoms with E-state index in [-0.39, 0.29) is 17.7 Å². The first kappa shape index (κ1) is 15.6. The number of rotatable bonds is 4. The molecule has 3 rings (SSSR count). The normalized spacial score (nSPS) is 15.7. The van der Waals surface area contributed by atoms with Crippen molar-refractivity contribution in [1.29, 1.82) is 0 Å². The zero-order valence-corrected chi connectivity index (χ0v) is 13.4. The summed E-state index contributed by atoms with van der Waals surface area (Å²) in [6, 6.07) is 5.86. The van der Waals surface area contributed by atoms with Crippen molar-refractivity contribution < 1.29 is 14.6 Å². The standard InChI is InChI=1S/C15H17ClN4O3/c1-9-2-3-10(16)8-12(9)20-6-4-11(5-7-20)23-14-13(15(21)22)17-19-18-14/h2-3,8,11H,4-7H2,1H3,(H,21,22)(H,17,18,19). The van der Waals surface area contributed by atoms with Crippen molar-refractivity contribution in [3.63, 3.8) is 0 Å². The van der Waals surface area contributed by atoms with Gasteiger partial charge in [-0.1, -0.05) is 28.0 Å². The SMILES string of the molecule is Cc1ccc(Cl)cc1N1CCC(Oc2nn[nH]c2C(=O)O)CC1. The van der Waals surface area contributed by atoms with Gasteiger partial charge in [-0.25, -0.2) is 9.89 Å². The summed E-state index contributed by atoms with van der Waals surface area (Å²) in [4.78, 5) is 13.3. The number of nitrogens with zero attached hydrogens (tertiary/aromatic N) is 3. The molecule has 0 radical (unpaired) electrons. The van der Waals surface area contributed by atoms with Gasteiger partial charge in [0.05, 0.1) is 0 Å². The first-order chi connectivity index (χ1) is 11.0. The number of carbonyl (C=O) groups is 1. The number of anilines is 1. The van der Waals surface area contributed by atoms with E-state index in [1.807, 2.05) is 18.2 Å². The summed E-state index contributed by atoms with van der Waals surface area (Å²) in [5, 5.41) is 19.3. The Morgan fingerprint density at radius 3 is 2.87 bits per heavy atom. The first-order valence-electron chi connectivity index (χ1n) is 7.36. The van der Waals surface area contributed by atoms with Crippen molar-refractivity contribution in [3.8, 4) is 5.88 Å². The van der Waals surface area contributed by atoms with Crippen LogP contribution in [0.1, 0.15) is 28.9 Å². The highest BCUT2D eigenvalue weighted by atomic mass is 35.5. The Labute approximate surface area is 138 Å². The molecule has 0 aliphatic carbocycles. The number of ether oxygens (including phenoxy) is 1. The first-order valence-corrected chi connectivity index (χ1v) is 7.74. The molecule has 122 valence electrons. The van der Waals surface area contributed by atoms with Crippen LogP contribution in [0.5, 0.6) is 5.88 Å². The third kappa shape index (κ3) is 3.39. The van der Waals surface area contributed by atoms with Crippen LogP contribution in [0.15, 0.2) is 18.2 Å². The highest BCUT2D eigenvalue weighted by Crippen LogP contribution is 2.28. The number of carboxylic acid groups (broad SMARTS) is 1. The molecule has 1 aromatic carbocycles. The van der Waals surface area contributed by atoms with Crippen LogP contribution in [-0.4, -0.2) is 45.7 Å². The van der Waals surface area contributed by atoms with Gasteiger partial charge in [-0.05, 0) is 24.6 Å². The van der Waals surface area contributed by atoms with Crippen molar-refractivity contribution in [3.05, 3.63) is 34.5 Å². The molecule has 0 unspecified atom stereocenters. The van der Waals surface area contributed by atoms with E-state index in [9.17, 15) is 4.79 Å². The highest BCUT2D eigenvalue weighted by molar-refractivity contribution is 6.30. The molecule has 0 bridgehead atoms. The number of aromatic carboxylic acids is 1. The van der Waals surface area contributed by atoms with Crippen LogP contribution in [0.25, 0.3) is 0 Å². The van der Waals surface area contributed by atoms with Crippen LogP contribution in [0.4, 0.5) is 5.69 Å². The van der Waals surface area contributed by atoms with E-state index in [1.165, 1.54) is 5.56 Å². The molecular weight excluding hydrogens is 320 g/mol. The molecule has 2 heterocycles. The second kappa shape index (κ2) is 6.45. The van der Waals surface area contributed by atoms with Gasteiger partial charge >= 0.3 is 5.97 Å². The van der Waals surface area contributed by atoms with Gasteiger partial charge in [0.1, 0.15) is 6.10 Å². The number of halogens is 1. The Morgan fingerprint density at radius 1 is 1.43 bits per heavy atom. The van der Waals surface area contributed by atoms with Gasteiger partial charge in [0.25, 0.3) is 5.88 Å². The summed E-state index contributed by atoms with van der Waals surface area (Å²) >= 11 is 6.08. The fourth-order valence-corrected chi connectivity index (χ4v) is 2.90. The quantitative estimate of drug-likeness (QED) is 0.891. The minimum Gasteiger partial charge on any atom is -0.476 e. The van der Waals surface area contributed by atoms with E-state index < -0.39 is 5.97 Å². The molecule has 1 aromatic heterocycles. The molecule has 8 heteroatoms. The topological polar surface area (TPSA) is 91.3 Å². The number of aromatic nitrogens is 3. The minimum absolute atomic E-state index is 0.0508. The van der Waals surface area contributed by atoms with Crippen molar-refractivity contribution >= 4 is 23.3 Å². The Morgan fingerprint density at radius 2 is 2.17 bits per heavy atom. The second-order valence-electron chi connectivity index (χ2n) is 5.53. The summed E-state index contributed by atoms with van der Waals surface area (Å²) < 4.78 is 5.69. The Balaban J connectivity index is 1.63. The molecule has 1 aliphatic heterocycles. The maximum Gasteiger partial charge on any atom is 0.359 e. The molecule has 1 saturated heterocycles. The molecule has 1 aliphatic rings. The molecule has 0 atom stereocenters. The predicted molar refractivity (Wildman–Crippen MR) is 85.4 cm³/mol. The van der Waals surface area contributed by atoms with Gasteiger partial charge in [-0.3, -0.25) is 0 Å². The van der Waals surface area contributed by atoms with Crippen molar-refractivity contribution in [2.45, 2.75) is 25.9 Å². The van der Waals surface area contributed by atoms with E-state index in [1.54, 1.807) is 0 Å². The van der Waals surface area contributed by atoms with Gasteiger partial charge in [0.2, 0.25) is 5.69 Å². The van der Waals surface area contributed by atoms with Crippen LogP contribution in [0, 0.1) is 6.92 Å². The summed E-state index contributed by atoms with van der Waals surface area (Å²) in [6.07, 6.45) is 1.48. The molecule has 0 amide bonds. The zero-order chi connectivity index (χ0) is 16.4. The molecule has 7 nitrogen and oxygen atoms in total. The molecule has 0 saturated carbocycles. The van der Waals surface area contributed by atoms with Crippen molar-refractivity contribution in [2.75, 3.05) is 18.0 Å². The van der Waals surface area contributed by atoms with Gasteiger partial charge in [0, 0.05) is 36.6 Å². The summed E-state index contributed by atoms with van der Waals surface area (Å²) in [5.74, 6) is -1.08. The minimum atomic E-state index is -1.13. The maximum absolute atomic E-state index is 11.0. The lowest BCUT2D eigenvalue weighted by Gasteiger charge is -2.34. The van der Waals surface area contributed by atoms with Gasteiger partial charge < -0.3 is 14.7 Å². The fraction of sp³-hybridized carbons (Fsp3) is 0.400. The molecular formula is C15H17ClN4O3. The number of piperidine rings is 1. The van der Waals surface area contributed by atoms with Crippen LogP contribution < -0.4 is 9.64 Å². The smallest absolute Gasteiger partial charge is 0.359 e. The number of carboxylic acids is 1. The lowest BCUT2D eigenvalue weighted by Crippen LogP contribution is -2.38. The molecule has 23 heavy (non-hydrogen) atoms. The highest BCUT2D eigenvalue weighted by Gasteiger charge is 2.25. The lowest BCUT2D eigenvalue weighted by molar-refractivity contribution is 0.0680. The summed E-state index contributed by atoms with van der Waals surface area (Å²) in [5.41, 5.74) is 2.19. The Hall–Kier alpha value is -2.28. The largest absolute Gasteiger partial charge is 0.476 e. The van der Waals surface area contributed by atoms with E-state index in [4.69, 9.17) is 21.4 Å². The summed E-state index contributed by atoms with van der Waals surface area (Å²) in [7, 11) is 0. The van der Waals surface area contributed by atoms with Gasteiger partial charge in [-0.15, -0.1) is 0 Å². The summed E-state index contributed by atoms with van der Waals surface area (Å²) in [6.45, 7) is 3.68. The number of nitrogens with one attached hydrogen (secondary N) is 1. The number of aryl methyl sites for hydroxylation is 1. The number of aromatic amines is 1. The van der Waals surface area contributed by atoms with Gasteiger partial charge in [-0.2, -0.15) is 0 Å². The fourth-order valence-electron chi connectivity index (χ4n) is 2.74. The number of hydrogen-bond donors (Lipinski definition) is 2. The second-order valence-corrected chi connectivity index (χ2v) is 5.97. The van der Waals surface area contributed by atoms with Gasteiger partial charge in [0.15, 0.2) is 0 Å². The van der Waals surface area contributed by atoms with Crippen LogP contribution >= 0.6 is 11.6 Å². The van der Waals surface area contributed by atoms with E-state index in [0.29, 0.717) is 0 Å². The average molecular weight is 337 g/mol. The maximum atomic E-state index is 11.0. The predicted octanol–water partition coefficient (Wildman–Crippen LogP) is 2.51. The van der Waals surface area contributed by atoms with E-state index >= 15 is 0 Å². The molecule has 1 fully saturated rings. The third-order valence-corrected chi connectivity index (χ3v) is 4.20. The monoisotopic (exact) mass is 336 g/mol. The number of benzene rings is 1. The molecule has 2 N–H and O–H groups in total. The third-order valence-electron chi connectivity index (χ3n) is 3.96. The van der Waals surface area contributed by atoms with Crippen LogP contribution in [-0.2, 0) is 0 Å². The number of H-pyrrole nitrogens is 1. The van der Waals surface area contributed by atoms with Crippen molar-refractivity contribution in [1.82, 2.24) is 15.4 Å².